The van der Waals surface area contributed by atoms with Gasteiger partial charge in [-0.2, -0.15) is 0 Å². The standard InChI is InChI=1S/C14H27N3O3/c1-12(2)20-11-14(19)17-7-5-6-16(8-9-17)10-13(18)15(3)4/h12H,5-11H2,1-4H3. The highest BCUT2D eigenvalue weighted by molar-refractivity contribution is 5.78. The first-order chi connectivity index (χ1) is 9.40. The summed E-state index contributed by atoms with van der Waals surface area (Å²) < 4.78 is 5.35. The molecule has 116 valence electrons. The zero-order valence-corrected chi connectivity index (χ0v) is 13.1. The molecule has 0 N–H and O–H groups in total. The van der Waals surface area contributed by atoms with E-state index in [2.05, 4.69) is 4.90 Å². The Morgan fingerprint density at radius 2 is 1.85 bits per heavy atom. The minimum Gasteiger partial charge on any atom is -0.369 e. The summed E-state index contributed by atoms with van der Waals surface area (Å²) in [5.41, 5.74) is 0. The second-order valence-corrected chi connectivity index (χ2v) is 5.66. The van der Waals surface area contributed by atoms with Crippen LogP contribution in [0.25, 0.3) is 0 Å². The van der Waals surface area contributed by atoms with Crippen LogP contribution in [0, 0.1) is 0 Å². The van der Waals surface area contributed by atoms with E-state index in [1.54, 1.807) is 19.0 Å². The van der Waals surface area contributed by atoms with Crippen LogP contribution >= 0.6 is 0 Å². The molecule has 1 aliphatic rings. The first-order valence-electron chi connectivity index (χ1n) is 7.22. The Morgan fingerprint density at radius 1 is 1.15 bits per heavy atom. The zero-order chi connectivity index (χ0) is 15.1. The summed E-state index contributed by atoms with van der Waals surface area (Å²) in [6, 6.07) is 0. The Kier molecular flexibility index (Phi) is 6.95. The SMILES string of the molecule is CC(C)OCC(=O)N1CCCN(CC(=O)N(C)C)CC1. The molecule has 20 heavy (non-hydrogen) atoms. The van der Waals surface area contributed by atoms with Gasteiger partial charge in [-0.3, -0.25) is 14.5 Å². The number of nitrogens with zero attached hydrogens (tertiary/aromatic N) is 3. The molecule has 1 saturated heterocycles. The highest BCUT2D eigenvalue weighted by Crippen LogP contribution is 2.04. The summed E-state index contributed by atoms with van der Waals surface area (Å²) in [4.78, 5) is 29.2. The van der Waals surface area contributed by atoms with Gasteiger partial charge in [-0.1, -0.05) is 0 Å². The largest absolute Gasteiger partial charge is 0.369 e. The minimum atomic E-state index is 0.0412. The third-order valence-electron chi connectivity index (χ3n) is 3.34. The van der Waals surface area contributed by atoms with Crippen molar-refractivity contribution < 1.29 is 14.3 Å². The van der Waals surface area contributed by atoms with Crippen LogP contribution in [0.15, 0.2) is 0 Å². The second kappa shape index (κ2) is 8.21. The van der Waals surface area contributed by atoms with Crippen molar-refractivity contribution in [2.24, 2.45) is 0 Å². The molecular weight excluding hydrogens is 258 g/mol. The van der Waals surface area contributed by atoms with Crippen LogP contribution in [-0.2, 0) is 14.3 Å². The molecule has 0 unspecified atom stereocenters. The van der Waals surface area contributed by atoms with Gasteiger partial charge in [-0.15, -0.1) is 0 Å². The summed E-state index contributed by atoms with van der Waals surface area (Å²) >= 11 is 0. The monoisotopic (exact) mass is 285 g/mol. The lowest BCUT2D eigenvalue weighted by Gasteiger charge is -2.23. The number of carbonyl (C=O) groups is 2. The first-order valence-corrected chi connectivity index (χ1v) is 7.22. The lowest BCUT2D eigenvalue weighted by molar-refractivity contribution is -0.137. The van der Waals surface area contributed by atoms with E-state index in [0.717, 1.165) is 26.1 Å². The fraction of sp³-hybridized carbons (Fsp3) is 0.857. The van der Waals surface area contributed by atoms with Crippen molar-refractivity contribution in [1.29, 1.82) is 0 Å². The van der Waals surface area contributed by atoms with Crippen molar-refractivity contribution in [3.63, 3.8) is 0 Å². The molecule has 2 amide bonds. The van der Waals surface area contributed by atoms with E-state index in [-0.39, 0.29) is 24.5 Å². The number of carbonyl (C=O) groups excluding carboxylic acids is 2. The number of hydrogen-bond acceptors (Lipinski definition) is 4. The molecule has 0 radical (unpaired) electrons. The third-order valence-corrected chi connectivity index (χ3v) is 3.34. The van der Waals surface area contributed by atoms with Gasteiger partial charge < -0.3 is 14.5 Å². The van der Waals surface area contributed by atoms with Gasteiger partial charge in [0, 0.05) is 40.3 Å². The quantitative estimate of drug-likeness (QED) is 0.715. The average Bonchev–Trinajstić information content (AvgIpc) is 2.61. The van der Waals surface area contributed by atoms with Crippen LogP contribution in [0.3, 0.4) is 0 Å². The van der Waals surface area contributed by atoms with Gasteiger partial charge in [0.25, 0.3) is 0 Å². The molecule has 0 aliphatic carbocycles. The van der Waals surface area contributed by atoms with Crippen LogP contribution in [0.1, 0.15) is 20.3 Å². The van der Waals surface area contributed by atoms with E-state index >= 15 is 0 Å². The predicted molar refractivity (Wildman–Crippen MR) is 77.4 cm³/mol. The molecule has 1 rings (SSSR count). The van der Waals surface area contributed by atoms with Crippen LogP contribution in [0.5, 0.6) is 0 Å². The normalized spacial score (nSPS) is 17.1. The van der Waals surface area contributed by atoms with E-state index in [1.165, 1.54) is 0 Å². The smallest absolute Gasteiger partial charge is 0.248 e. The van der Waals surface area contributed by atoms with Gasteiger partial charge >= 0.3 is 0 Å². The summed E-state index contributed by atoms with van der Waals surface area (Å²) in [5.74, 6) is 0.146. The molecule has 0 bridgehead atoms. The Labute approximate surface area is 121 Å². The van der Waals surface area contributed by atoms with Gasteiger partial charge in [-0.25, -0.2) is 0 Å². The molecule has 0 atom stereocenters. The summed E-state index contributed by atoms with van der Waals surface area (Å²) in [7, 11) is 3.53. The molecule has 6 nitrogen and oxygen atoms in total. The maximum absolute atomic E-state index is 12.0. The summed E-state index contributed by atoms with van der Waals surface area (Å²) in [6.45, 7) is 7.43. The van der Waals surface area contributed by atoms with Gasteiger partial charge in [0.15, 0.2) is 0 Å². The Morgan fingerprint density at radius 3 is 2.45 bits per heavy atom. The van der Waals surface area contributed by atoms with Crippen LogP contribution < -0.4 is 0 Å². The molecular formula is C14H27N3O3. The fourth-order valence-electron chi connectivity index (χ4n) is 2.04. The number of ether oxygens (including phenoxy) is 1. The van der Waals surface area contributed by atoms with Gasteiger partial charge in [0.1, 0.15) is 6.61 Å². The van der Waals surface area contributed by atoms with Crippen molar-refractivity contribution in [2.45, 2.75) is 26.4 Å². The first kappa shape index (κ1) is 16.9. The van der Waals surface area contributed by atoms with E-state index in [9.17, 15) is 9.59 Å². The molecule has 1 aliphatic heterocycles. The third kappa shape index (κ3) is 5.88. The molecule has 0 aromatic rings. The molecule has 6 heteroatoms. The lowest BCUT2D eigenvalue weighted by Crippen LogP contribution is -2.40. The molecule has 1 fully saturated rings. The van der Waals surface area contributed by atoms with Crippen molar-refractivity contribution in [1.82, 2.24) is 14.7 Å². The maximum atomic E-state index is 12.0. The van der Waals surface area contributed by atoms with Gasteiger partial charge in [-0.05, 0) is 20.3 Å². The Balaban J connectivity index is 2.39. The molecule has 0 aromatic heterocycles. The minimum absolute atomic E-state index is 0.0412. The highest BCUT2D eigenvalue weighted by atomic mass is 16.5. The summed E-state index contributed by atoms with van der Waals surface area (Å²) in [6.07, 6.45) is 0.967. The van der Waals surface area contributed by atoms with Crippen LogP contribution in [-0.4, -0.2) is 86.0 Å². The van der Waals surface area contributed by atoms with Crippen molar-refractivity contribution in [2.75, 3.05) is 53.4 Å². The zero-order valence-electron chi connectivity index (χ0n) is 13.1. The molecule has 0 aromatic carbocycles. The van der Waals surface area contributed by atoms with Crippen LogP contribution in [0.4, 0.5) is 0 Å². The van der Waals surface area contributed by atoms with E-state index in [4.69, 9.17) is 4.74 Å². The van der Waals surface area contributed by atoms with Crippen LogP contribution in [0.2, 0.25) is 0 Å². The average molecular weight is 285 g/mol. The van der Waals surface area contributed by atoms with Crippen molar-refractivity contribution in [3.8, 4) is 0 Å². The predicted octanol–water partition coefficient (Wildman–Crippen LogP) is 0.0339. The van der Waals surface area contributed by atoms with E-state index in [1.807, 2.05) is 18.7 Å². The van der Waals surface area contributed by atoms with Crippen molar-refractivity contribution in [3.05, 3.63) is 0 Å². The number of rotatable bonds is 5. The molecule has 0 saturated carbocycles. The van der Waals surface area contributed by atoms with Gasteiger partial charge in [0.2, 0.25) is 11.8 Å². The number of hydrogen-bond donors (Lipinski definition) is 0. The fourth-order valence-corrected chi connectivity index (χ4v) is 2.04. The second-order valence-electron chi connectivity index (χ2n) is 5.66. The van der Waals surface area contributed by atoms with Crippen molar-refractivity contribution >= 4 is 11.8 Å². The summed E-state index contributed by atoms with van der Waals surface area (Å²) in [5, 5.41) is 0. The van der Waals surface area contributed by atoms with Gasteiger partial charge in [0.05, 0.1) is 12.6 Å². The number of likely N-dealkylation sites (N-methyl/N-ethyl adjacent to an activating group) is 1. The Hall–Kier alpha value is -1.14. The van der Waals surface area contributed by atoms with E-state index in [0.29, 0.717) is 13.1 Å². The molecule has 1 heterocycles. The maximum Gasteiger partial charge on any atom is 0.248 e. The highest BCUT2D eigenvalue weighted by Gasteiger charge is 2.21. The Bertz CT molecular complexity index is 332. The van der Waals surface area contributed by atoms with E-state index < -0.39 is 0 Å². The topological polar surface area (TPSA) is 53.1 Å². The number of amides is 2. The molecule has 0 spiro atoms. The lowest BCUT2D eigenvalue weighted by atomic mass is 10.3.